The lowest BCUT2D eigenvalue weighted by atomic mass is 9.86. The molecule has 3 nitrogen and oxygen atoms in total. The first-order valence-electron chi connectivity index (χ1n) is 10.9. The van der Waals surface area contributed by atoms with Crippen molar-refractivity contribution in [2.24, 2.45) is 11.8 Å². The van der Waals surface area contributed by atoms with Gasteiger partial charge in [0.15, 0.2) is 0 Å². The van der Waals surface area contributed by atoms with Crippen LogP contribution in [-0.2, 0) is 6.18 Å². The Morgan fingerprint density at radius 3 is 2.12 bits per heavy atom. The number of ether oxygens (including phenoxy) is 1. The highest BCUT2D eigenvalue weighted by atomic mass is 19.4. The molecule has 3 atom stereocenters. The van der Waals surface area contributed by atoms with Crippen molar-refractivity contribution in [3.63, 3.8) is 0 Å². The Bertz CT molecular complexity index is 809. The lowest BCUT2D eigenvalue weighted by Crippen LogP contribution is -2.16. The molecule has 2 N–H and O–H groups in total. The quantitative estimate of drug-likeness (QED) is 0.488. The number of rotatable bonds is 7. The van der Waals surface area contributed by atoms with Gasteiger partial charge in [-0.25, -0.2) is 4.39 Å². The monoisotopic (exact) mass is 456 g/mol. The Kier molecular flexibility index (Phi) is 9.97. The molecule has 0 radical (unpaired) electrons. The van der Waals surface area contributed by atoms with Crippen molar-refractivity contribution in [1.29, 1.82) is 0 Å². The Hall–Kier alpha value is -2.12. The van der Waals surface area contributed by atoms with E-state index in [1.54, 1.807) is 18.2 Å². The standard InChI is InChI=1S/C19H27F3O3.C6H5F/c1-12(2)25-18-6-5-16(19(20,21)22)9-17(18)15(11-24)8-13-3-4-14(7-13)10-23;7-6-4-2-1-3-5-6/h5-6,9,12-15,23-24H,3-4,7-8,10-11H2,1-2H3;1-5H/t13-,14+,15-;/m1./s1. The highest BCUT2D eigenvalue weighted by Crippen LogP contribution is 2.41. The van der Waals surface area contributed by atoms with E-state index in [0.29, 0.717) is 23.7 Å². The minimum absolute atomic E-state index is 0.144. The highest BCUT2D eigenvalue weighted by Gasteiger charge is 2.33. The molecule has 178 valence electrons. The smallest absolute Gasteiger partial charge is 0.416 e. The van der Waals surface area contributed by atoms with E-state index >= 15 is 0 Å². The van der Waals surface area contributed by atoms with Crippen molar-refractivity contribution in [2.45, 2.75) is 57.7 Å². The van der Waals surface area contributed by atoms with Gasteiger partial charge in [-0.05, 0) is 75.3 Å². The molecule has 1 aliphatic carbocycles. The van der Waals surface area contributed by atoms with Gasteiger partial charge in [-0.2, -0.15) is 13.2 Å². The molecule has 1 saturated carbocycles. The number of alkyl halides is 3. The minimum atomic E-state index is -4.43. The van der Waals surface area contributed by atoms with Gasteiger partial charge in [0.2, 0.25) is 0 Å². The van der Waals surface area contributed by atoms with Gasteiger partial charge >= 0.3 is 6.18 Å². The Morgan fingerprint density at radius 2 is 1.66 bits per heavy atom. The number of hydrogen-bond donors (Lipinski definition) is 2. The fourth-order valence-electron chi connectivity index (χ4n) is 4.08. The highest BCUT2D eigenvalue weighted by molar-refractivity contribution is 5.41. The fraction of sp³-hybridized carbons (Fsp3) is 0.520. The molecule has 3 rings (SSSR count). The molecule has 0 amide bonds. The van der Waals surface area contributed by atoms with E-state index in [2.05, 4.69) is 0 Å². The summed E-state index contributed by atoms with van der Waals surface area (Å²) in [5.41, 5.74) is -0.310. The summed E-state index contributed by atoms with van der Waals surface area (Å²) in [6.45, 7) is 3.55. The summed E-state index contributed by atoms with van der Waals surface area (Å²) in [4.78, 5) is 0. The van der Waals surface area contributed by atoms with Gasteiger partial charge in [-0.3, -0.25) is 0 Å². The topological polar surface area (TPSA) is 49.7 Å². The largest absolute Gasteiger partial charge is 0.491 e. The van der Waals surface area contributed by atoms with Crippen LogP contribution in [0.5, 0.6) is 5.75 Å². The second kappa shape index (κ2) is 12.2. The van der Waals surface area contributed by atoms with Crippen molar-refractivity contribution >= 4 is 0 Å². The maximum Gasteiger partial charge on any atom is 0.416 e. The molecule has 2 aromatic carbocycles. The molecule has 0 aromatic heterocycles. The van der Waals surface area contributed by atoms with Gasteiger partial charge in [0.1, 0.15) is 11.6 Å². The van der Waals surface area contributed by atoms with Crippen LogP contribution in [0.15, 0.2) is 48.5 Å². The van der Waals surface area contributed by atoms with E-state index in [1.807, 2.05) is 13.8 Å². The van der Waals surface area contributed by atoms with Crippen LogP contribution in [-0.4, -0.2) is 29.5 Å². The molecule has 0 heterocycles. The molecule has 2 aromatic rings. The third-order valence-corrected chi connectivity index (χ3v) is 5.62. The normalized spacial score (nSPS) is 19.4. The van der Waals surface area contributed by atoms with Crippen LogP contribution in [0.3, 0.4) is 0 Å². The summed E-state index contributed by atoms with van der Waals surface area (Å²) in [5.74, 6) is 0.382. The van der Waals surface area contributed by atoms with E-state index < -0.39 is 17.7 Å². The van der Waals surface area contributed by atoms with Crippen LogP contribution in [0.2, 0.25) is 0 Å². The maximum atomic E-state index is 13.1. The number of aliphatic hydroxyl groups excluding tert-OH is 2. The number of aliphatic hydroxyl groups is 2. The Labute approximate surface area is 187 Å². The zero-order valence-electron chi connectivity index (χ0n) is 18.5. The predicted molar refractivity (Wildman–Crippen MR) is 116 cm³/mol. The third-order valence-electron chi connectivity index (χ3n) is 5.62. The van der Waals surface area contributed by atoms with Crippen molar-refractivity contribution in [1.82, 2.24) is 0 Å². The molecule has 0 saturated heterocycles. The van der Waals surface area contributed by atoms with E-state index in [0.717, 1.165) is 31.4 Å². The second-order valence-electron chi connectivity index (χ2n) is 8.56. The zero-order valence-corrected chi connectivity index (χ0v) is 18.5. The lowest BCUT2D eigenvalue weighted by Gasteiger charge is -2.24. The number of halogens is 4. The first-order chi connectivity index (χ1) is 15.1. The average Bonchev–Trinajstić information content (AvgIpc) is 3.20. The third kappa shape index (κ3) is 8.10. The van der Waals surface area contributed by atoms with Gasteiger partial charge in [0.05, 0.1) is 18.3 Å². The molecule has 1 fully saturated rings. The van der Waals surface area contributed by atoms with Crippen LogP contribution in [0.1, 0.15) is 56.6 Å². The van der Waals surface area contributed by atoms with Crippen molar-refractivity contribution in [3.8, 4) is 5.75 Å². The SMILES string of the molecule is CC(C)Oc1ccc(C(F)(F)F)cc1[C@@H](CO)C[C@@H]1CC[C@H](CO)C1.Fc1ccccc1. The maximum absolute atomic E-state index is 13.1. The molecule has 0 unspecified atom stereocenters. The van der Waals surface area contributed by atoms with Crippen molar-refractivity contribution in [2.75, 3.05) is 13.2 Å². The zero-order chi connectivity index (χ0) is 23.7. The number of benzene rings is 2. The summed E-state index contributed by atoms with van der Waals surface area (Å²) in [6, 6.07) is 11.4. The molecule has 0 bridgehead atoms. The van der Waals surface area contributed by atoms with Crippen molar-refractivity contribution in [3.05, 3.63) is 65.5 Å². The van der Waals surface area contributed by atoms with E-state index in [1.165, 1.54) is 18.2 Å². The van der Waals surface area contributed by atoms with Gasteiger partial charge in [-0.1, -0.05) is 24.6 Å². The molecule has 32 heavy (non-hydrogen) atoms. The summed E-state index contributed by atoms with van der Waals surface area (Å²) in [5, 5.41) is 19.1. The van der Waals surface area contributed by atoms with Crippen LogP contribution >= 0.6 is 0 Å². The summed E-state index contributed by atoms with van der Waals surface area (Å²) in [7, 11) is 0. The number of hydrogen-bond acceptors (Lipinski definition) is 3. The molecular formula is C25H32F4O3. The molecule has 1 aliphatic rings. The molecule has 0 aliphatic heterocycles. The van der Waals surface area contributed by atoms with Crippen LogP contribution in [0.4, 0.5) is 17.6 Å². The Morgan fingerprint density at radius 1 is 1.00 bits per heavy atom. The Balaban J connectivity index is 0.000000439. The first kappa shape index (κ1) is 26.1. The summed E-state index contributed by atoms with van der Waals surface area (Å²) < 4.78 is 56.9. The predicted octanol–water partition coefficient (Wildman–Crippen LogP) is 6.19. The van der Waals surface area contributed by atoms with E-state index in [9.17, 15) is 27.8 Å². The van der Waals surface area contributed by atoms with Crippen LogP contribution in [0, 0.1) is 17.7 Å². The van der Waals surface area contributed by atoms with Gasteiger partial charge in [0.25, 0.3) is 0 Å². The molecule has 7 heteroatoms. The first-order valence-corrected chi connectivity index (χ1v) is 10.9. The van der Waals surface area contributed by atoms with Crippen LogP contribution in [0.25, 0.3) is 0 Å². The van der Waals surface area contributed by atoms with Crippen molar-refractivity contribution < 1.29 is 32.5 Å². The van der Waals surface area contributed by atoms with E-state index in [-0.39, 0.29) is 31.1 Å². The van der Waals surface area contributed by atoms with Gasteiger partial charge in [0, 0.05) is 18.1 Å². The summed E-state index contributed by atoms with van der Waals surface area (Å²) >= 11 is 0. The lowest BCUT2D eigenvalue weighted by molar-refractivity contribution is -0.137. The van der Waals surface area contributed by atoms with Gasteiger partial charge in [-0.15, -0.1) is 0 Å². The molecule has 0 spiro atoms. The summed E-state index contributed by atoms with van der Waals surface area (Å²) in [6.07, 6.45) is -1.28. The average molecular weight is 457 g/mol. The van der Waals surface area contributed by atoms with Crippen LogP contribution < -0.4 is 4.74 Å². The van der Waals surface area contributed by atoms with E-state index in [4.69, 9.17) is 4.74 Å². The fourth-order valence-corrected chi connectivity index (χ4v) is 4.08. The molecular weight excluding hydrogens is 424 g/mol. The minimum Gasteiger partial charge on any atom is -0.491 e. The van der Waals surface area contributed by atoms with Gasteiger partial charge < -0.3 is 14.9 Å². The second-order valence-corrected chi connectivity index (χ2v) is 8.56.